The Balaban J connectivity index is 1.38. The van der Waals surface area contributed by atoms with Gasteiger partial charge in [0.2, 0.25) is 5.91 Å². The van der Waals surface area contributed by atoms with E-state index >= 15 is 0 Å². The van der Waals surface area contributed by atoms with Gasteiger partial charge in [0.25, 0.3) is 0 Å². The molecule has 2 aromatic carbocycles. The van der Waals surface area contributed by atoms with Crippen LogP contribution in [0.2, 0.25) is 0 Å². The fourth-order valence-corrected chi connectivity index (χ4v) is 6.12. The summed E-state index contributed by atoms with van der Waals surface area (Å²) in [5.41, 5.74) is 2.89. The van der Waals surface area contributed by atoms with Crippen LogP contribution >= 0.6 is 11.8 Å². The van der Waals surface area contributed by atoms with E-state index in [1.54, 1.807) is 19.1 Å². The molecule has 0 N–H and O–H groups in total. The number of nitrogens with zero attached hydrogens (tertiary/aromatic N) is 2. The van der Waals surface area contributed by atoms with Crippen LogP contribution in [0.25, 0.3) is 0 Å². The van der Waals surface area contributed by atoms with Gasteiger partial charge in [0.1, 0.15) is 0 Å². The van der Waals surface area contributed by atoms with Crippen LogP contribution in [0, 0.1) is 5.82 Å². The van der Waals surface area contributed by atoms with E-state index in [1.807, 2.05) is 40.9 Å². The average Bonchev–Trinajstić information content (AvgIpc) is 3.37. The van der Waals surface area contributed by atoms with E-state index in [-0.39, 0.29) is 11.7 Å². The minimum Gasteiger partial charge on any atom is -0.491 e. The molecule has 2 aromatic rings. The number of hydrogen-bond acceptors (Lipinski definition) is 4. The first-order chi connectivity index (χ1) is 20.0. The first kappa shape index (κ1) is 33.0. The number of rotatable bonds is 20. The van der Waals surface area contributed by atoms with Crippen molar-refractivity contribution in [3.05, 3.63) is 70.5 Å². The molecule has 0 aromatic heterocycles. The number of unbranched alkanes of at least 4 members (excludes halogenated alkanes) is 11. The lowest BCUT2D eigenvalue weighted by molar-refractivity contribution is -0.116. The molecular formula is C35H51FN2O2S. The molecule has 1 aliphatic rings. The third-order valence-electron chi connectivity index (χ3n) is 7.73. The van der Waals surface area contributed by atoms with Gasteiger partial charge in [0.15, 0.2) is 11.6 Å². The van der Waals surface area contributed by atoms with Crippen LogP contribution in [0.15, 0.2) is 53.6 Å². The van der Waals surface area contributed by atoms with Gasteiger partial charge in [-0.2, -0.15) is 0 Å². The van der Waals surface area contributed by atoms with Crippen molar-refractivity contribution in [2.24, 2.45) is 0 Å². The topological polar surface area (TPSA) is 32.8 Å². The van der Waals surface area contributed by atoms with Crippen LogP contribution < -0.4 is 9.64 Å². The zero-order valence-corrected chi connectivity index (χ0v) is 26.5. The molecule has 6 heteroatoms. The second-order valence-corrected chi connectivity index (χ2v) is 12.5. The van der Waals surface area contributed by atoms with Gasteiger partial charge in [-0.1, -0.05) is 102 Å². The maximum atomic E-state index is 14.8. The predicted octanol–water partition coefficient (Wildman–Crippen LogP) is 9.87. The van der Waals surface area contributed by atoms with Gasteiger partial charge in [-0.15, -0.1) is 11.8 Å². The van der Waals surface area contributed by atoms with Crippen LogP contribution in [-0.4, -0.2) is 29.8 Å². The van der Waals surface area contributed by atoms with E-state index < -0.39 is 0 Å². The fraction of sp³-hybridized carbons (Fsp3) is 0.571. The van der Waals surface area contributed by atoms with E-state index in [2.05, 4.69) is 31.0 Å². The summed E-state index contributed by atoms with van der Waals surface area (Å²) in [6.45, 7) is 7.78. The first-order valence-electron chi connectivity index (χ1n) is 15.8. The molecule has 0 fully saturated rings. The smallest absolute Gasteiger partial charge is 0.223 e. The Bertz CT molecular complexity index is 1090. The molecule has 4 nitrogen and oxygen atoms in total. The number of allylic oxidation sites excluding steroid dienone is 1. The Morgan fingerprint density at radius 1 is 0.951 bits per heavy atom. The van der Waals surface area contributed by atoms with Gasteiger partial charge >= 0.3 is 0 Å². The molecule has 0 bridgehead atoms. The molecular weight excluding hydrogens is 531 g/mol. The number of carbonyl (C=O) groups is 1. The number of para-hydroxylation sites is 1. The van der Waals surface area contributed by atoms with Gasteiger partial charge in [-0.05, 0) is 54.0 Å². The summed E-state index contributed by atoms with van der Waals surface area (Å²) in [6, 6.07) is 13.3. The molecule has 0 saturated heterocycles. The number of amides is 1. The van der Waals surface area contributed by atoms with Crippen molar-refractivity contribution in [1.29, 1.82) is 0 Å². The lowest BCUT2D eigenvalue weighted by atomic mass is 10.1. The first-order valence-corrected chi connectivity index (χ1v) is 16.8. The second kappa shape index (κ2) is 18.9. The maximum Gasteiger partial charge on any atom is 0.223 e. The zero-order valence-electron chi connectivity index (χ0n) is 25.6. The van der Waals surface area contributed by atoms with E-state index in [1.165, 1.54) is 69.1 Å². The Morgan fingerprint density at radius 3 is 2.22 bits per heavy atom. The van der Waals surface area contributed by atoms with Crippen molar-refractivity contribution in [2.45, 2.75) is 111 Å². The van der Waals surface area contributed by atoms with Crippen LogP contribution in [0.1, 0.15) is 109 Å². The molecule has 0 spiro atoms. The van der Waals surface area contributed by atoms with Crippen molar-refractivity contribution in [1.82, 2.24) is 4.90 Å². The molecule has 1 amide bonds. The van der Waals surface area contributed by atoms with Gasteiger partial charge in [-0.25, -0.2) is 4.39 Å². The van der Waals surface area contributed by atoms with Crippen LogP contribution in [0.4, 0.5) is 10.1 Å². The molecule has 0 radical (unpaired) electrons. The zero-order chi connectivity index (χ0) is 29.3. The number of hydrogen-bond donors (Lipinski definition) is 0. The van der Waals surface area contributed by atoms with E-state index in [0.717, 1.165) is 42.1 Å². The molecule has 3 rings (SSSR count). The van der Waals surface area contributed by atoms with E-state index in [0.29, 0.717) is 25.3 Å². The van der Waals surface area contributed by atoms with Crippen LogP contribution in [0.3, 0.4) is 0 Å². The van der Waals surface area contributed by atoms with Crippen molar-refractivity contribution < 1.29 is 13.9 Å². The number of halogens is 1. The number of ether oxygens (including phenoxy) is 1. The Kier molecular flexibility index (Phi) is 15.2. The molecule has 41 heavy (non-hydrogen) atoms. The van der Waals surface area contributed by atoms with E-state index in [9.17, 15) is 9.18 Å². The Morgan fingerprint density at radius 2 is 1.61 bits per heavy atom. The number of thioether (sulfide) groups is 1. The summed E-state index contributed by atoms with van der Waals surface area (Å²) in [6.07, 6.45) is 18.3. The predicted molar refractivity (Wildman–Crippen MR) is 173 cm³/mol. The molecule has 0 unspecified atom stereocenters. The highest BCUT2D eigenvalue weighted by Gasteiger charge is 2.18. The molecule has 0 saturated carbocycles. The van der Waals surface area contributed by atoms with Crippen molar-refractivity contribution in [3.8, 4) is 5.75 Å². The summed E-state index contributed by atoms with van der Waals surface area (Å²) in [4.78, 5) is 18.0. The summed E-state index contributed by atoms with van der Waals surface area (Å²) in [5, 5.41) is 0. The van der Waals surface area contributed by atoms with Gasteiger partial charge in [-0.3, -0.25) is 4.79 Å². The molecule has 0 atom stereocenters. The van der Waals surface area contributed by atoms with Crippen molar-refractivity contribution in [3.63, 3.8) is 0 Å². The maximum absolute atomic E-state index is 14.8. The van der Waals surface area contributed by atoms with Crippen LogP contribution in [0.5, 0.6) is 5.75 Å². The van der Waals surface area contributed by atoms with E-state index in [4.69, 9.17) is 4.74 Å². The molecule has 1 aliphatic heterocycles. The van der Waals surface area contributed by atoms with Crippen LogP contribution in [-0.2, 0) is 17.8 Å². The van der Waals surface area contributed by atoms with Gasteiger partial charge in [0, 0.05) is 31.9 Å². The molecule has 226 valence electrons. The molecule has 1 heterocycles. The summed E-state index contributed by atoms with van der Waals surface area (Å²) in [5.74, 6) is 0.901. The SMILES string of the molecule is CCCCCCCCCCCCCCOc1ccc(CCN(C(C)=O)c2ccccc2CN2C=C(C)SC2)cc1F. The summed E-state index contributed by atoms with van der Waals surface area (Å²) >= 11 is 1.83. The lowest BCUT2D eigenvalue weighted by Gasteiger charge is -2.26. The minimum atomic E-state index is -0.329. The fourth-order valence-electron chi connectivity index (χ4n) is 5.36. The highest BCUT2D eigenvalue weighted by atomic mass is 32.2. The second-order valence-electron chi connectivity index (χ2n) is 11.3. The summed E-state index contributed by atoms with van der Waals surface area (Å²) in [7, 11) is 0. The van der Waals surface area contributed by atoms with Crippen molar-refractivity contribution >= 4 is 23.4 Å². The standard InChI is InChI=1S/C35H51FN2O2S/c1-4-5-6-7-8-9-10-11-12-13-14-17-24-40-35-21-20-31(25-33(35)36)22-23-38(30(3)39)34-19-16-15-18-32(34)27-37-26-29(2)41-28-37/h15-16,18-21,25-26H,4-14,17,22-24,27-28H2,1-3H3. The highest BCUT2D eigenvalue weighted by Crippen LogP contribution is 2.29. The monoisotopic (exact) mass is 582 g/mol. The Labute approximate surface area is 252 Å². The number of carbonyl (C=O) groups excluding carboxylic acids is 1. The largest absolute Gasteiger partial charge is 0.491 e. The lowest BCUT2D eigenvalue weighted by Crippen LogP contribution is -2.32. The minimum absolute atomic E-state index is 0.0113. The third-order valence-corrected chi connectivity index (χ3v) is 8.76. The quantitative estimate of drug-likeness (QED) is 0.145. The molecule has 0 aliphatic carbocycles. The average molecular weight is 583 g/mol. The number of anilines is 1. The highest BCUT2D eigenvalue weighted by molar-refractivity contribution is 8.03. The number of benzene rings is 2. The van der Waals surface area contributed by atoms with Gasteiger partial charge < -0.3 is 14.5 Å². The normalized spacial score (nSPS) is 13.0. The summed E-state index contributed by atoms with van der Waals surface area (Å²) < 4.78 is 20.6. The third kappa shape index (κ3) is 12.1. The Hall–Kier alpha value is -2.47. The van der Waals surface area contributed by atoms with Crippen molar-refractivity contribution in [2.75, 3.05) is 23.9 Å². The van der Waals surface area contributed by atoms with Gasteiger partial charge in [0.05, 0.1) is 12.5 Å².